The minimum absolute atomic E-state index is 0.0570. The molecule has 158 valence electrons. The van der Waals surface area contributed by atoms with Gasteiger partial charge in [-0.2, -0.15) is 0 Å². The zero-order chi connectivity index (χ0) is 21.7. The molecular formula is C23H32N2O3S. The number of rotatable bonds is 8. The standard InChI is InChI=1S/C23H32N2O3S/c1-17(2)25-29(27,28)21-8-6-7-19(15-21)16-24-22(26)14-11-18-9-12-20(13-10-18)23(3,4)5/h6-10,12-13,15,17,25H,11,14,16H2,1-5H3,(H,24,26). The maximum absolute atomic E-state index is 12.3. The summed E-state index contributed by atoms with van der Waals surface area (Å²) in [4.78, 5) is 12.4. The topological polar surface area (TPSA) is 75.3 Å². The van der Waals surface area contributed by atoms with Crippen LogP contribution in [0, 0.1) is 0 Å². The second kappa shape index (κ2) is 9.55. The second-order valence-electron chi connectivity index (χ2n) is 8.65. The van der Waals surface area contributed by atoms with Gasteiger partial charge in [-0.05, 0) is 54.5 Å². The summed E-state index contributed by atoms with van der Waals surface area (Å²) in [7, 11) is -3.54. The third-order valence-corrected chi connectivity index (χ3v) is 6.21. The summed E-state index contributed by atoms with van der Waals surface area (Å²) in [5.41, 5.74) is 3.26. The van der Waals surface area contributed by atoms with Crippen molar-refractivity contribution in [1.29, 1.82) is 0 Å². The monoisotopic (exact) mass is 416 g/mol. The first-order chi connectivity index (χ1) is 13.5. The van der Waals surface area contributed by atoms with Crippen LogP contribution in [-0.4, -0.2) is 20.4 Å². The van der Waals surface area contributed by atoms with Gasteiger partial charge in [0.2, 0.25) is 15.9 Å². The molecule has 2 aromatic rings. The smallest absolute Gasteiger partial charge is 0.240 e. The van der Waals surface area contributed by atoms with Gasteiger partial charge in [0.1, 0.15) is 0 Å². The fraction of sp³-hybridized carbons (Fsp3) is 0.435. The minimum atomic E-state index is -3.54. The maximum Gasteiger partial charge on any atom is 0.240 e. The van der Waals surface area contributed by atoms with E-state index in [1.165, 1.54) is 5.56 Å². The number of carbonyl (C=O) groups is 1. The van der Waals surface area contributed by atoms with Crippen molar-refractivity contribution in [3.05, 3.63) is 65.2 Å². The Morgan fingerprint density at radius 3 is 2.24 bits per heavy atom. The van der Waals surface area contributed by atoms with E-state index in [0.717, 1.165) is 11.1 Å². The van der Waals surface area contributed by atoms with Gasteiger partial charge in [0.15, 0.2) is 0 Å². The van der Waals surface area contributed by atoms with Gasteiger partial charge in [0.05, 0.1) is 4.90 Å². The first-order valence-electron chi connectivity index (χ1n) is 9.95. The highest BCUT2D eigenvalue weighted by atomic mass is 32.2. The molecule has 2 aromatic carbocycles. The third kappa shape index (κ3) is 7.29. The Labute approximate surface area is 175 Å². The SMILES string of the molecule is CC(C)NS(=O)(=O)c1cccc(CNC(=O)CCc2ccc(C(C)(C)C)cc2)c1. The van der Waals surface area contributed by atoms with Crippen molar-refractivity contribution in [2.45, 2.75) is 70.4 Å². The lowest BCUT2D eigenvalue weighted by Crippen LogP contribution is -2.30. The lowest BCUT2D eigenvalue weighted by atomic mass is 9.86. The summed E-state index contributed by atoms with van der Waals surface area (Å²) >= 11 is 0. The lowest BCUT2D eigenvalue weighted by molar-refractivity contribution is -0.121. The first kappa shape index (κ1) is 23.1. The molecule has 0 aliphatic carbocycles. The van der Waals surface area contributed by atoms with Crippen LogP contribution in [0.4, 0.5) is 0 Å². The van der Waals surface area contributed by atoms with Crippen LogP contribution in [0.5, 0.6) is 0 Å². The van der Waals surface area contributed by atoms with Crippen molar-refractivity contribution in [2.75, 3.05) is 0 Å². The van der Waals surface area contributed by atoms with Crippen molar-refractivity contribution in [3.63, 3.8) is 0 Å². The quantitative estimate of drug-likeness (QED) is 0.685. The maximum atomic E-state index is 12.3. The summed E-state index contributed by atoms with van der Waals surface area (Å²) in [5.74, 6) is -0.0570. The van der Waals surface area contributed by atoms with Crippen LogP contribution in [-0.2, 0) is 33.2 Å². The predicted molar refractivity (Wildman–Crippen MR) is 117 cm³/mol. The van der Waals surface area contributed by atoms with E-state index < -0.39 is 10.0 Å². The summed E-state index contributed by atoms with van der Waals surface area (Å²) in [6, 6.07) is 14.8. The van der Waals surface area contributed by atoms with Crippen LogP contribution in [0.2, 0.25) is 0 Å². The van der Waals surface area contributed by atoms with Crippen LogP contribution in [0.1, 0.15) is 57.7 Å². The molecule has 0 saturated carbocycles. The van der Waals surface area contributed by atoms with Gasteiger partial charge in [-0.25, -0.2) is 13.1 Å². The molecule has 2 N–H and O–H groups in total. The zero-order valence-electron chi connectivity index (χ0n) is 18.0. The van der Waals surface area contributed by atoms with Gasteiger partial charge in [-0.3, -0.25) is 4.79 Å². The Hall–Kier alpha value is -2.18. The molecule has 0 unspecified atom stereocenters. The van der Waals surface area contributed by atoms with Crippen LogP contribution >= 0.6 is 0 Å². The highest BCUT2D eigenvalue weighted by Crippen LogP contribution is 2.22. The summed E-state index contributed by atoms with van der Waals surface area (Å²) in [5, 5.41) is 2.87. The fourth-order valence-corrected chi connectivity index (χ4v) is 4.24. The van der Waals surface area contributed by atoms with Crippen molar-refractivity contribution in [2.24, 2.45) is 0 Å². The molecule has 0 radical (unpaired) electrons. The summed E-state index contributed by atoms with van der Waals surface area (Å²) in [6.45, 7) is 10.4. The predicted octanol–water partition coefficient (Wildman–Crippen LogP) is 3.92. The number of nitrogens with one attached hydrogen (secondary N) is 2. The molecule has 0 saturated heterocycles. The number of hydrogen-bond acceptors (Lipinski definition) is 3. The van der Waals surface area contributed by atoms with E-state index in [2.05, 4.69) is 55.1 Å². The number of carbonyl (C=O) groups excluding carboxylic acids is 1. The molecule has 29 heavy (non-hydrogen) atoms. The lowest BCUT2D eigenvalue weighted by Gasteiger charge is -2.19. The van der Waals surface area contributed by atoms with Gasteiger partial charge in [-0.15, -0.1) is 0 Å². The highest BCUT2D eigenvalue weighted by molar-refractivity contribution is 7.89. The fourth-order valence-electron chi connectivity index (χ4n) is 2.92. The van der Waals surface area contributed by atoms with Crippen LogP contribution in [0.15, 0.2) is 53.4 Å². The van der Waals surface area contributed by atoms with Crippen molar-refractivity contribution < 1.29 is 13.2 Å². The zero-order valence-corrected chi connectivity index (χ0v) is 18.8. The molecule has 0 aliphatic heterocycles. The Morgan fingerprint density at radius 2 is 1.66 bits per heavy atom. The Bertz CT molecular complexity index is 927. The van der Waals surface area contributed by atoms with Gasteiger partial charge in [0.25, 0.3) is 0 Å². The summed E-state index contributed by atoms with van der Waals surface area (Å²) < 4.78 is 27.1. The van der Waals surface area contributed by atoms with E-state index >= 15 is 0 Å². The third-order valence-electron chi connectivity index (χ3n) is 4.55. The Balaban J connectivity index is 1.89. The van der Waals surface area contributed by atoms with Crippen molar-refractivity contribution in [3.8, 4) is 0 Å². The minimum Gasteiger partial charge on any atom is -0.352 e. The molecule has 0 heterocycles. The van der Waals surface area contributed by atoms with Gasteiger partial charge >= 0.3 is 0 Å². The molecule has 0 bridgehead atoms. The van der Waals surface area contributed by atoms with E-state index in [9.17, 15) is 13.2 Å². The van der Waals surface area contributed by atoms with E-state index in [1.807, 2.05) is 0 Å². The van der Waals surface area contributed by atoms with E-state index in [0.29, 0.717) is 19.4 Å². The van der Waals surface area contributed by atoms with Crippen LogP contribution in [0.25, 0.3) is 0 Å². The van der Waals surface area contributed by atoms with Crippen LogP contribution in [0.3, 0.4) is 0 Å². The molecule has 0 aliphatic rings. The highest BCUT2D eigenvalue weighted by Gasteiger charge is 2.16. The normalized spacial score (nSPS) is 12.2. The molecule has 1 amide bonds. The molecule has 0 aromatic heterocycles. The average Bonchev–Trinajstić information content (AvgIpc) is 2.63. The van der Waals surface area contributed by atoms with Crippen molar-refractivity contribution >= 4 is 15.9 Å². The average molecular weight is 417 g/mol. The molecule has 0 fully saturated rings. The van der Waals surface area contributed by atoms with Gasteiger partial charge in [0, 0.05) is 19.0 Å². The van der Waals surface area contributed by atoms with Gasteiger partial charge < -0.3 is 5.32 Å². The molecule has 0 atom stereocenters. The molecule has 0 spiro atoms. The number of aryl methyl sites for hydroxylation is 1. The molecule has 5 nitrogen and oxygen atoms in total. The number of hydrogen-bond donors (Lipinski definition) is 2. The van der Waals surface area contributed by atoms with E-state index in [4.69, 9.17) is 0 Å². The van der Waals surface area contributed by atoms with E-state index in [1.54, 1.807) is 38.1 Å². The van der Waals surface area contributed by atoms with E-state index in [-0.39, 0.29) is 22.3 Å². The van der Waals surface area contributed by atoms with Crippen molar-refractivity contribution in [1.82, 2.24) is 10.0 Å². The summed E-state index contributed by atoms with van der Waals surface area (Å²) in [6.07, 6.45) is 1.06. The number of amides is 1. The molecular weight excluding hydrogens is 384 g/mol. The van der Waals surface area contributed by atoms with Crippen LogP contribution < -0.4 is 10.0 Å². The molecule has 2 rings (SSSR count). The Morgan fingerprint density at radius 1 is 1.00 bits per heavy atom. The Kier molecular flexibility index (Phi) is 7.60. The second-order valence-corrected chi connectivity index (χ2v) is 10.4. The van der Waals surface area contributed by atoms with Gasteiger partial charge in [-0.1, -0.05) is 57.2 Å². The number of sulfonamides is 1. The largest absolute Gasteiger partial charge is 0.352 e. The number of benzene rings is 2. The molecule has 6 heteroatoms. The first-order valence-corrected chi connectivity index (χ1v) is 11.4.